The fourth-order valence-corrected chi connectivity index (χ4v) is 4.84. The van der Waals surface area contributed by atoms with Crippen LogP contribution in [0.5, 0.6) is 11.5 Å². The zero-order valence-corrected chi connectivity index (χ0v) is 22.3. The Kier molecular flexibility index (Phi) is 7.67. The second-order valence-electron chi connectivity index (χ2n) is 7.56. The molecule has 37 heavy (non-hydrogen) atoms. The van der Waals surface area contributed by atoms with Gasteiger partial charge in [-0.15, -0.1) is 0 Å². The van der Waals surface area contributed by atoms with Crippen molar-refractivity contribution in [3.05, 3.63) is 87.4 Å². The van der Waals surface area contributed by atoms with Crippen molar-refractivity contribution in [2.24, 2.45) is 0 Å². The van der Waals surface area contributed by atoms with E-state index in [1.54, 1.807) is 12.1 Å². The van der Waals surface area contributed by atoms with Crippen molar-refractivity contribution in [2.75, 3.05) is 11.5 Å². The molecule has 3 aromatic carbocycles. The molecule has 190 valence electrons. The number of carbonyl (C=O) groups excluding carboxylic acids is 3. The maximum atomic E-state index is 13.3. The predicted octanol–water partition coefficient (Wildman–Crippen LogP) is 4.94. The van der Waals surface area contributed by atoms with Gasteiger partial charge in [-0.05, 0) is 79.7 Å². The molecule has 4 amide bonds. The molecule has 0 spiro atoms. The quantitative estimate of drug-likeness (QED) is 0.230. The van der Waals surface area contributed by atoms with E-state index >= 15 is 0 Å². The molecule has 12 heteroatoms. The molecule has 0 atom stereocenters. The van der Waals surface area contributed by atoms with E-state index in [0.717, 1.165) is 11.0 Å². The van der Waals surface area contributed by atoms with Crippen LogP contribution in [0.15, 0.2) is 81.7 Å². The first kappa shape index (κ1) is 26.4. The number of halogens is 2. The lowest BCUT2D eigenvalue weighted by atomic mass is 10.1. The molecule has 0 aliphatic carbocycles. The highest BCUT2D eigenvalue weighted by Crippen LogP contribution is 2.31. The third kappa shape index (κ3) is 5.85. The topological polar surface area (TPSA) is 119 Å². The van der Waals surface area contributed by atoms with Crippen LogP contribution < -0.4 is 19.1 Å². The van der Waals surface area contributed by atoms with Crippen LogP contribution in [0.4, 0.5) is 10.5 Å². The molecule has 0 radical (unpaired) electrons. The van der Waals surface area contributed by atoms with E-state index in [4.69, 9.17) is 20.5 Å². The lowest BCUT2D eigenvalue weighted by molar-refractivity contribution is -0.122. The van der Waals surface area contributed by atoms with Gasteiger partial charge in [0.25, 0.3) is 11.8 Å². The van der Waals surface area contributed by atoms with Crippen molar-refractivity contribution >= 4 is 67.3 Å². The number of nitrogens with zero attached hydrogens (tertiary/aromatic N) is 1. The Bertz CT molecular complexity index is 1520. The molecule has 0 saturated carbocycles. The molecule has 9 nitrogen and oxygen atoms in total. The number of nitrogens with one attached hydrogen (secondary N) is 1. The van der Waals surface area contributed by atoms with Gasteiger partial charge in [-0.1, -0.05) is 27.5 Å². The van der Waals surface area contributed by atoms with Crippen LogP contribution in [-0.4, -0.2) is 32.9 Å². The van der Waals surface area contributed by atoms with Gasteiger partial charge in [0.05, 0.1) is 12.3 Å². The minimum Gasteiger partial charge on any atom is -0.494 e. The van der Waals surface area contributed by atoms with Crippen molar-refractivity contribution in [1.82, 2.24) is 5.32 Å². The van der Waals surface area contributed by atoms with Gasteiger partial charge in [0.2, 0.25) is 0 Å². The minimum absolute atomic E-state index is 0.103. The van der Waals surface area contributed by atoms with Gasteiger partial charge >= 0.3 is 16.1 Å². The lowest BCUT2D eigenvalue weighted by Crippen LogP contribution is -2.54. The Morgan fingerprint density at radius 3 is 2.32 bits per heavy atom. The molecule has 4 rings (SSSR count). The van der Waals surface area contributed by atoms with Gasteiger partial charge in [-0.25, -0.2) is 9.69 Å². The highest BCUT2D eigenvalue weighted by Gasteiger charge is 2.37. The van der Waals surface area contributed by atoms with E-state index < -0.39 is 33.5 Å². The average Bonchev–Trinajstić information content (AvgIpc) is 2.84. The fraction of sp³-hybridized carbons (Fsp3) is 0.0800. The van der Waals surface area contributed by atoms with Crippen LogP contribution in [0.2, 0.25) is 5.02 Å². The predicted molar refractivity (Wildman–Crippen MR) is 140 cm³/mol. The first-order valence-electron chi connectivity index (χ1n) is 10.7. The van der Waals surface area contributed by atoms with Gasteiger partial charge < -0.3 is 8.92 Å². The van der Waals surface area contributed by atoms with Gasteiger partial charge in [0.15, 0.2) is 0 Å². The summed E-state index contributed by atoms with van der Waals surface area (Å²) in [5.74, 6) is -1.44. The summed E-state index contributed by atoms with van der Waals surface area (Å²) in [5, 5.41) is 2.47. The number of ether oxygens (including phenoxy) is 1. The van der Waals surface area contributed by atoms with Crippen LogP contribution in [-0.2, 0) is 19.7 Å². The first-order chi connectivity index (χ1) is 17.6. The summed E-state index contributed by atoms with van der Waals surface area (Å²) in [6, 6.07) is 15.0. The number of hydrogen-bond acceptors (Lipinski definition) is 7. The van der Waals surface area contributed by atoms with E-state index in [-0.39, 0.29) is 21.9 Å². The molecule has 1 heterocycles. The second kappa shape index (κ2) is 10.8. The molecule has 1 aliphatic heterocycles. The number of rotatable bonds is 7. The van der Waals surface area contributed by atoms with E-state index in [9.17, 15) is 22.8 Å². The molecule has 1 saturated heterocycles. The molecular weight excluding hydrogens is 588 g/mol. The zero-order valence-electron chi connectivity index (χ0n) is 19.1. The van der Waals surface area contributed by atoms with Crippen LogP contribution in [0.3, 0.4) is 0 Å². The van der Waals surface area contributed by atoms with Crippen LogP contribution in [0, 0.1) is 0 Å². The Hall–Kier alpha value is -3.67. The summed E-state index contributed by atoms with van der Waals surface area (Å²) in [6.45, 7) is 2.26. The van der Waals surface area contributed by atoms with Gasteiger partial charge in [-0.2, -0.15) is 8.42 Å². The molecule has 3 aromatic rings. The summed E-state index contributed by atoms with van der Waals surface area (Å²) in [5.41, 5.74) is -0.0906. The van der Waals surface area contributed by atoms with Crippen LogP contribution in [0.25, 0.3) is 6.08 Å². The first-order valence-corrected chi connectivity index (χ1v) is 13.3. The Morgan fingerprint density at radius 2 is 1.68 bits per heavy atom. The van der Waals surface area contributed by atoms with E-state index in [1.165, 1.54) is 54.6 Å². The summed E-state index contributed by atoms with van der Waals surface area (Å²) < 4.78 is 36.9. The summed E-state index contributed by atoms with van der Waals surface area (Å²) in [7, 11) is -4.27. The largest absolute Gasteiger partial charge is 0.494 e. The Morgan fingerprint density at radius 1 is 1.00 bits per heavy atom. The number of barbiturate groups is 1. The number of imide groups is 2. The van der Waals surface area contributed by atoms with Gasteiger partial charge in [0, 0.05) is 15.1 Å². The number of hydrogen-bond donors (Lipinski definition) is 1. The fourth-order valence-electron chi connectivity index (χ4n) is 3.38. The Labute approximate surface area is 225 Å². The highest BCUT2D eigenvalue weighted by atomic mass is 79.9. The van der Waals surface area contributed by atoms with Gasteiger partial charge in [-0.3, -0.25) is 14.9 Å². The van der Waals surface area contributed by atoms with Crippen molar-refractivity contribution in [2.45, 2.75) is 11.8 Å². The van der Waals surface area contributed by atoms with E-state index in [2.05, 4.69) is 21.2 Å². The number of urea groups is 1. The van der Waals surface area contributed by atoms with Crippen molar-refractivity contribution in [1.29, 1.82) is 0 Å². The second-order valence-corrected chi connectivity index (χ2v) is 10.5. The number of amides is 4. The molecule has 1 fully saturated rings. The maximum Gasteiger partial charge on any atom is 0.339 e. The van der Waals surface area contributed by atoms with Crippen LogP contribution in [0.1, 0.15) is 12.5 Å². The zero-order chi connectivity index (χ0) is 26.7. The lowest BCUT2D eigenvalue weighted by Gasteiger charge is -2.26. The monoisotopic (exact) mass is 604 g/mol. The standard InChI is InChI=1S/C25H18BrClN2O7S/c1-2-35-19-8-6-18(7-9-19)29-24(31)21(23(30)28-25(29)32)14-15-13-16(26)3-12-22(15)36-37(33,34)20-10-4-17(27)5-11-20/h3-14H,2H2,1H3,(H,28,30,32)/b21-14+. The molecule has 0 bridgehead atoms. The smallest absolute Gasteiger partial charge is 0.339 e. The Balaban J connectivity index is 1.71. The third-order valence-corrected chi connectivity index (χ3v) is 7.07. The minimum atomic E-state index is -4.27. The SMILES string of the molecule is CCOc1ccc(N2C(=O)NC(=O)/C(=C\c3cc(Br)ccc3OS(=O)(=O)c3ccc(Cl)cc3)C2=O)cc1. The molecule has 0 unspecified atom stereocenters. The maximum absolute atomic E-state index is 13.3. The normalized spacial score (nSPS) is 15.1. The van der Waals surface area contributed by atoms with E-state index in [1.807, 2.05) is 6.92 Å². The molecule has 1 N–H and O–H groups in total. The highest BCUT2D eigenvalue weighted by molar-refractivity contribution is 9.10. The average molecular weight is 606 g/mol. The number of benzene rings is 3. The third-order valence-electron chi connectivity index (χ3n) is 5.08. The van der Waals surface area contributed by atoms with E-state index in [0.29, 0.717) is 21.9 Å². The summed E-state index contributed by atoms with van der Waals surface area (Å²) in [6.07, 6.45) is 1.16. The van der Waals surface area contributed by atoms with Crippen molar-refractivity contribution in [3.63, 3.8) is 0 Å². The summed E-state index contributed by atoms with van der Waals surface area (Å²) >= 11 is 9.13. The summed E-state index contributed by atoms with van der Waals surface area (Å²) in [4.78, 5) is 39.0. The van der Waals surface area contributed by atoms with Crippen LogP contribution >= 0.6 is 27.5 Å². The molecule has 1 aliphatic rings. The van der Waals surface area contributed by atoms with Gasteiger partial charge in [0.1, 0.15) is 22.0 Å². The molecular formula is C25H18BrClN2O7S. The number of carbonyl (C=O) groups is 3. The molecule has 0 aromatic heterocycles. The van der Waals surface area contributed by atoms with Crippen molar-refractivity contribution < 1.29 is 31.7 Å². The number of anilines is 1. The van der Waals surface area contributed by atoms with Crippen molar-refractivity contribution in [3.8, 4) is 11.5 Å².